The second kappa shape index (κ2) is 12.8. The number of hydrogen-bond acceptors (Lipinski definition) is 7. The number of sulfone groups is 1. The molecule has 182 valence electrons. The lowest BCUT2D eigenvalue weighted by atomic mass is 9.91. The number of rotatable bonds is 13. The van der Waals surface area contributed by atoms with E-state index in [0.29, 0.717) is 17.9 Å². The number of Topliss-reactive ketones (excluding diaryl/α,β-unsaturated/α-hetero) is 1. The van der Waals surface area contributed by atoms with Crippen molar-refractivity contribution in [3.05, 3.63) is 82.4 Å². The maximum Gasteiger partial charge on any atom is 0.201 e. The molecule has 1 atom stereocenters. The second-order valence-corrected chi connectivity index (χ2v) is 9.82. The van der Waals surface area contributed by atoms with Gasteiger partial charge in [-0.3, -0.25) is 14.6 Å². The van der Waals surface area contributed by atoms with E-state index in [1.54, 1.807) is 45.6 Å². The van der Waals surface area contributed by atoms with Crippen LogP contribution < -0.4 is 0 Å². The van der Waals surface area contributed by atoms with Gasteiger partial charge in [-0.1, -0.05) is 12.2 Å². The van der Waals surface area contributed by atoms with Gasteiger partial charge < -0.3 is 8.83 Å². The van der Waals surface area contributed by atoms with Crippen LogP contribution >= 0.6 is 0 Å². The molecule has 0 radical (unpaired) electrons. The van der Waals surface area contributed by atoms with Crippen LogP contribution in [0, 0.1) is 0 Å². The van der Waals surface area contributed by atoms with Gasteiger partial charge in [0.25, 0.3) is 0 Å². The molecule has 0 fully saturated rings. The number of carbonyl (C=O) groups is 2. The van der Waals surface area contributed by atoms with E-state index in [0.717, 1.165) is 5.71 Å². The lowest BCUT2D eigenvalue weighted by Crippen LogP contribution is -2.13. The zero-order chi connectivity index (χ0) is 25.1. The quantitative estimate of drug-likeness (QED) is 0.208. The van der Waals surface area contributed by atoms with Gasteiger partial charge in [-0.25, -0.2) is 8.42 Å². The van der Waals surface area contributed by atoms with Gasteiger partial charge in [0.05, 0.1) is 23.1 Å². The minimum atomic E-state index is -3.62. The van der Waals surface area contributed by atoms with E-state index < -0.39 is 9.84 Å². The number of ketones is 2. The van der Waals surface area contributed by atoms with Crippen LogP contribution in [0.5, 0.6) is 0 Å². The highest BCUT2D eigenvalue weighted by atomic mass is 32.2. The average Bonchev–Trinajstić information content (AvgIpc) is 3.54. The van der Waals surface area contributed by atoms with E-state index in [1.165, 1.54) is 31.2 Å². The molecule has 2 aromatic heterocycles. The van der Waals surface area contributed by atoms with Crippen LogP contribution in [0.1, 0.15) is 63.9 Å². The Morgan fingerprint density at radius 1 is 1.00 bits per heavy atom. The van der Waals surface area contributed by atoms with Crippen LogP contribution in [-0.2, 0) is 19.4 Å². The van der Waals surface area contributed by atoms with Gasteiger partial charge in [-0.05, 0) is 57.2 Å². The lowest BCUT2D eigenvalue weighted by molar-refractivity contribution is -0.122. The summed E-state index contributed by atoms with van der Waals surface area (Å²) in [6, 6.07) is 7.16. The number of allylic oxidation sites excluding steroid dienone is 5. The third kappa shape index (κ3) is 7.38. The van der Waals surface area contributed by atoms with E-state index >= 15 is 0 Å². The van der Waals surface area contributed by atoms with Crippen LogP contribution in [0.2, 0.25) is 0 Å². The Morgan fingerprint density at radius 2 is 1.71 bits per heavy atom. The van der Waals surface area contributed by atoms with Crippen molar-refractivity contribution < 1.29 is 26.8 Å². The smallest absolute Gasteiger partial charge is 0.201 e. The van der Waals surface area contributed by atoms with Gasteiger partial charge >= 0.3 is 0 Å². The van der Waals surface area contributed by atoms with Crippen molar-refractivity contribution in [2.24, 2.45) is 4.99 Å². The molecule has 2 rings (SSSR count). The highest BCUT2D eigenvalue weighted by Gasteiger charge is 2.23. The minimum absolute atomic E-state index is 0.00719. The number of furan rings is 2. The lowest BCUT2D eigenvalue weighted by Gasteiger charge is -2.14. The summed E-state index contributed by atoms with van der Waals surface area (Å²) in [6.45, 7) is 4.74. The molecule has 0 spiro atoms. The van der Waals surface area contributed by atoms with Crippen LogP contribution in [0.3, 0.4) is 0 Å². The zero-order valence-corrected chi connectivity index (χ0v) is 20.8. The van der Waals surface area contributed by atoms with Gasteiger partial charge in [0, 0.05) is 43.6 Å². The monoisotopic (exact) mass is 485 g/mol. The minimum Gasteiger partial charge on any atom is -0.469 e. The molecular weight excluding hydrogens is 454 g/mol. The largest absolute Gasteiger partial charge is 0.469 e. The number of hydrogen-bond donors (Lipinski definition) is 0. The average molecular weight is 486 g/mol. The summed E-state index contributed by atoms with van der Waals surface area (Å²) < 4.78 is 35.8. The van der Waals surface area contributed by atoms with Gasteiger partial charge in [0.2, 0.25) is 9.84 Å². The molecule has 0 amide bonds. The van der Waals surface area contributed by atoms with Gasteiger partial charge in [-0.2, -0.15) is 0 Å². The Bertz CT molecular complexity index is 1180. The number of aliphatic imine (C=N–C) groups is 1. The fraction of sp³-hybridized carbons (Fsp3) is 0.346. The normalized spacial score (nSPS) is 14.5. The van der Waals surface area contributed by atoms with Crippen molar-refractivity contribution in [2.45, 2.75) is 52.4 Å². The molecular formula is C26H31NO6S. The Morgan fingerprint density at radius 3 is 2.26 bits per heavy atom. The third-order valence-corrected chi connectivity index (χ3v) is 7.52. The first-order valence-electron chi connectivity index (χ1n) is 11.0. The first-order valence-corrected chi connectivity index (χ1v) is 12.5. The van der Waals surface area contributed by atoms with Gasteiger partial charge in [-0.15, -0.1) is 0 Å². The molecule has 8 heteroatoms. The first-order chi connectivity index (χ1) is 16.2. The Labute approximate surface area is 200 Å². The fourth-order valence-corrected chi connectivity index (χ4v) is 4.59. The molecule has 0 aliphatic carbocycles. The first kappa shape index (κ1) is 27.0. The highest BCUT2D eigenvalue weighted by Crippen LogP contribution is 2.27. The van der Waals surface area contributed by atoms with E-state index in [2.05, 4.69) is 4.99 Å². The Balaban J connectivity index is 2.01. The predicted molar refractivity (Wildman–Crippen MR) is 132 cm³/mol. The van der Waals surface area contributed by atoms with E-state index in [9.17, 15) is 18.0 Å². The van der Waals surface area contributed by atoms with Gasteiger partial charge in [0.1, 0.15) is 17.3 Å². The maximum absolute atomic E-state index is 12.7. The van der Waals surface area contributed by atoms with Crippen molar-refractivity contribution in [1.82, 2.24) is 0 Å². The summed E-state index contributed by atoms with van der Waals surface area (Å²) in [7, 11) is -1.95. The van der Waals surface area contributed by atoms with Crippen LogP contribution in [-0.4, -0.2) is 32.7 Å². The molecule has 0 aliphatic heterocycles. The maximum atomic E-state index is 12.7. The summed E-state index contributed by atoms with van der Waals surface area (Å²) in [5.41, 5.74) is 0.717. The van der Waals surface area contributed by atoms with Crippen molar-refractivity contribution in [3.8, 4) is 0 Å². The molecule has 0 bridgehead atoms. The van der Waals surface area contributed by atoms with Crippen LogP contribution in [0.25, 0.3) is 0 Å². The molecule has 34 heavy (non-hydrogen) atoms. The summed E-state index contributed by atoms with van der Waals surface area (Å²) in [5.74, 6) is 0.633. The van der Waals surface area contributed by atoms with E-state index in [1.807, 2.05) is 12.1 Å². The number of nitrogens with zero attached hydrogens (tertiary/aromatic N) is 1. The summed E-state index contributed by atoms with van der Waals surface area (Å²) in [4.78, 5) is 29.6. The Hall–Kier alpha value is -3.26. The van der Waals surface area contributed by atoms with E-state index in [4.69, 9.17) is 8.83 Å². The third-order valence-electron chi connectivity index (χ3n) is 5.44. The van der Waals surface area contributed by atoms with Gasteiger partial charge in [0.15, 0.2) is 5.78 Å². The molecule has 0 saturated carbocycles. The van der Waals surface area contributed by atoms with Crippen molar-refractivity contribution in [1.29, 1.82) is 0 Å². The second-order valence-electron chi connectivity index (χ2n) is 7.70. The highest BCUT2D eigenvalue weighted by molar-refractivity contribution is 7.99. The molecule has 0 N–H and O–H groups in total. The van der Waals surface area contributed by atoms with Crippen LogP contribution in [0.15, 0.2) is 84.7 Å². The predicted octanol–water partition coefficient (Wildman–Crippen LogP) is 5.57. The molecule has 7 nitrogen and oxygen atoms in total. The van der Waals surface area contributed by atoms with E-state index in [-0.39, 0.29) is 46.6 Å². The Kier molecular flexibility index (Phi) is 10.2. The number of carbonyl (C=O) groups excluding carboxylic acids is 2. The molecule has 0 saturated heterocycles. The molecule has 2 aromatic rings. The fourth-order valence-electron chi connectivity index (χ4n) is 3.36. The van der Waals surface area contributed by atoms with Crippen molar-refractivity contribution in [3.63, 3.8) is 0 Å². The van der Waals surface area contributed by atoms with Crippen molar-refractivity contribution >= 4 is 27.1 Å². The molecule has 2 heterocycles. The van der Waals surface area contributed by atoms with Crippen molar-refractivity contribution in [2.75, 3.05) is 7.05 Å². The zero-order valence-electron chi connectivity index (χ0n) is 20.0. The molecule has 1 unspecified atom stereocenters. The summed E-state index contributed by atoms with van der Waals surface area (Å²) in [6.07, 6.45) is 9.23. The SMILES string of the molecule is CC=C(C)S(=O)(=O)C(/C=C\C(=O)CCC(=O)CC(C/C(=N\C)c1ccco1)c1ccco1)=C/C. The summed E-state index contributed by atoms with van der Waals surface area (Å²) >= 11 is 0. The molecule has 0 aliphatic rings. The topological polar surface area (TPSA) is 107 Å². The van der Waals surface area contributed by atoms with Crippen LogP contribution in [0.4, 0.5) is 0 Å². The standard InChI is InChI=1S/C26H31NO6S/c1-5-19(3)34(30,31)23(6-2)14-13-21(28)11-12-22(29)17-20(25-9-7-15-32-25)18-24(27-4)26-10-8-16-33-26/h5-10,13-16,20H,11-12,17-18H2,1-4H3/b14-13-,19-5?,23-6+,27-24+. The molecule has 0 aromatic carbocycles. The summed E-state index contributed by atoms with van der Waals surface area (Å²) in [5, 5.41) is 0.